The summed E-state index contributed by atoms with van der Waals surface area (Å²) in [4.78, 5) is 4.60. The van der Waals surface area contributed by atoms with Gasteiger partial charge in [-0.2, -0.15) is 0 Å². The summed E-state index contributed by atoms with van der Waals surface area (Å²) in [6.07, 6.45) is 3.82. The SMILES string of the molecule is Cc1ccn2cc(-c3cccc(NS(=O)(=O)Cc4ccccc4F)c3)nc2c1. The summed E-state index contributed by atoms with van der Waals surface area (Å²) in [7, 11) is -3.75. The van der Waals surface area contributed by atoms with E-state index in [0.717, 1.165) is 22.5 Å². The second-order valence-electron chi connectivity index (χ2n) is 6.63. The van der Waals surface area contributed by atoms with Gasteiger partial charge in [0.2, 0.25) is 10.0 Å². The molecule has 0 amide bonds. The number of anilines is 1. The maximum atomic E-state index is 13.8. The van der Waals surface area contributed by atoms with E-state index in [1.807, 2.05) is 41.9 Å². The lowest BCUT2D eigenvalue weighted by molar-refractivity contribution is 0.591. The number of pyridine rings is 1. The third-order valence-corrected chi connectivity index (χ3v) is 5.59. The average Bonchev–Trinajstić information content (AvgIpc) is 3.06. The molecule has 1 N–H and O–H groups in total. The van der Waals surface area contributed by atoms with Crippen LogP contribution in [-0.4, -0.2) is 17.8 Å². The lowest BCUT2D eigenvalue weighted by Gasteiger charge is -2.09. The summed E-state index contributed by atoms with van der Waals surface area (Å²) in [5, 5.41) is 0. The summed E-state index contributed by atoms with van der Waals surface area (Å²) < 4.78 is 43.1. The number of nitrogens with zero attached hydrogens (tertiary/aromatic N) is 2. The summed E-state index contributed by atoms with van der Waals surface area (Å²) in [6.45, 7) is 2.00. The summed E-state index contributed by atoms with van der Waals surface area (Å²) in [5.41, 5.74) is 3.98. The van der Waals surface area contributed by atoms with Gasteiger partial charge in [0.15, 0.2) is 0 Å². The standard InChI is InChI=1S/C21H18FN3O2S/c1-15-9-10-25-13-20(23-21(25)11-15)16-6-4-7-18(12-16)24-28(26,27)14-17-5-2-3-8-19(17)22/h2-13,24H,14H2,1H3. The second-order valence-corrected chi connectivity index (χ2v) is 8.35. The molecule has 0 saturated heterocycles. The van der Waals surface area contributed by atoms with E-state index in [-0.39, 0.29) is 5.56 Å². The van der Waals surface area contributed by atoms with Crippen molar-refractivity contribution in [1.82, 2.24) is 9.38 Å². The van der Waals surface area contributed by atoms with Gasteiger partial charge in [0, 0.05) is 29.2 Å². The van der Waals surface area contributed by atoms with Crippen molar-refractivity contribution in [2.45, 2.75) is 12.7 Å². The highest BCUT2D eigenvalue weighted by Crippen LogP contribution is 2.24. The Morgan fingerprint density at radius 2 is 1.89 bits per heavy atom. The number of hydrogen-bond donors (Lipinski definition) is 1. The number of benzene rings is 2. The van der Waals surface area contributed by atoms with Gasteiger partial charge in [0.1, 0.15) is 11.5 Å². The van der Waals surface area contributed by atoms with Gasteiger partial charge >= 0.3 is 0 Å². The van der Waals surface area contributed by atoms with Crippen LogP contribution in [0.15, 0.2) is 73.1 Å². The first kappa shape index (κ1) is 18.2. The van der Waals surface area contributed by atoms with Crippen LogP contribution < -0.4 is 4.72 Å². The fourth-order valence-electron chi connectivity index (χ4n) is 3.00. The van der Waals surface area contributed by atoms with E-state index in [2.05, 4.69) is 9.71 Å². The molecule has 0 unspecified atom stereocenters. The third-order valence-electron chi connectivity index (χ3n) is 4.35. The van der Waals surface area contributed by atoms with Crippen molar-refractivity contribution in [3.8, 4) is 11.3 Å². The fourth-order valence-corrected chi connectivity index (χ4v) is 4.20. The number of imidazole rings is 1. The molecule has 0 aliphatic rings. The number of nitrogens with one attached hydrogen (secondary N) is 1. The van der Waals surface area contributed by atoms with Crippen molar-refractivity contribution in [2.24, 2.45) is 0 Å². The van der Waals surface area contributed by atoms with E-state index in [1.165, 1.54) is 18.2 Å². The Labute approximate surface area is 162 Å². The van der Waals surface area contributed by atoms with Crippen LogP contribution in [-0.2, 0) is 15.8 Å². The molecule has 0 aliphatic heterocycles. The van der Waals surface area contributed by atoms with E-state index < -0.39 is 21.6 Å². The Morgan fingerprint density at radius 3 is 2.71 bits per heavy atom. The minimum Gasteiger partial charge on any atom is -0.306 e. The average molecular weight is 395 g/mol. The van der Waals surface area contributed by atoms with Crippen LogP contribution >= 0.6 is 0 Å². The molecular weight excluding hydrogens is 377 g/mol. The molecule has 5 nitrogen and oxygen atoms in total. The number of fused-ring (bicyclic) bond motifs is 1. The summed E-state index contributed by atoms with van der Waals surface area (Å²) >= 11 is 0. The molecule has 0 spiro atoms. The smallest absolute Gasteiger partial charge is 0.237 e. The van der Waals surface area contributed by atoms with E-state index in [4.69, 9.17) is 0 Å². The second kappa shape index (κ2) is 7.09. The van der Waals surface area contributed by atoms with Gasteiger partial charge in [-0.25, -0.2) is 17.8 Å². The lowest BCUT2D eigenvalue weighted by atomic mass is 10.1. The summed E-state index contributed by atoms with van der Waals surface area (Å²) in [5.74, 6) is -0.973. The van der Waals surface area contributed by atoms with Crippen molar-refractivity contribution in [3.63, 3.8) is 0 Å². The number of halogens is 1. The Bertz CT molecular complexity index is 1270. The molecule has 2 aromatic carbocycles. The molecule has 0 saturated carbocycles. The highest BCUT2D eigenvalue weighted by Gasteiger charge is 2.15. The van der Waals surface area contributed by atoms with Crippen LogP contribution in [0.3, 0.4) is 0 Å². The van der Waals surface area contributed by atoms with Crippen molar-refractivity contribution in [2.75, 3.05) is 4.72 Å². The van der Waals surface area contributed by atoms with Gasteiger partial charge in [-0.3, -0.25) is 4.72 Å². The van der Waals surface area contributed by atoms with Crippen LogP contribution in [0.5, 0.6) is 0 Å². The van der Waals surface area contributed by atoms with E-state index >= 15 is 0 Å². The van der Waals surface area contributed by atoms with E-state index in [0.29, 0.717) is 5.69 Å². The predicted molar refractivity (Wildman–Crippen MR) is 108 cm³/mol. The molecule has 7 heteroatoms. The van der Waals surface area contributed by atoms with Gasteiger partial charge < -0.3 is 4.40 Å². The maximum Gasteiger partial charge on any atom is 0.237 e. The third kappa shape index (κ3) is 3.89. The number of aromatic nitrogens is 2. The van der Waals surface area contributed by atoms with Gasteiger partial charge in [-0.15, -0.1) is 0 Å². The first-order valence-corrected chi connectivity index (χ1v) is 10.3. The van der Waals surface area contributed by atoms with Gasteiger partial charge in [-0.05, 0) is 42.8 Å². The fraction of sp³-hybridized carbons (Fsp3) is 0.0952. The molecule has 0 radical (unpaired) electrons. The van der Waals surface area contributed by atoms with Gasteiger partial charge in [0.05, 0.1) is 11.4 Å². The molecule has 0 atom stereocenters. The van der Waals surface area contributed by atoms with Crippen LogP contribution in [0.4, 0.5) is 10.1 Å². The van der Waals surface area contributed by atoms with Crippen molar-refractivity contribution in [1.29, 1.82) is 0 Å². The van der Waals surface area contributed by atoms with Gasteiger partial charge in [-0.1, -0.05) is 30.3 Å². The number of aryl methyl sites for hydroxylation is 1. The molecule has 4 rings (SSSR count). The van der Waals surface area contributed by atoms with Crippen LogP contribution in [0.1, 0.15) is 11.1 Å². The highest BCUT2D eigenvalue weighted by molar-refractivity contribution is 7.91. The predicted octanol–water partition coefficient (Wildman–Crippen LogP) is 4.39. The monoisotopic (exact) mass is 395 g/mol. The normalized spacial score (nSPS) is 11.6. The zero-order valence-corrected chi connectivity index (χ0v) is 15.9. The molecule has 0 aliphatic carbocycles. The Hall–Kier alpha value is -3.19. The Balaban J connectivity index is 1.60. The molecular formula is C21H18FN3O2S. The number of hydrogen-bond acceptors (Lipinski definition) is 3. The molecule has 142 valence electrons. The Kier molecular flexibility index (Phi) is 4.60. The number of rotatable bonds is 5. The highest BCUT2D eigenvalue weighted by atomic mass is 32.2. The van der Waals surface area contributed by atoms with Crippen molar-refractivity contribution >= 4 is 21.4 Å². The quantitative estimate of drug-likeness (QED) is 0.545. The van der Waals surface area contributed by atoms with Crippen molar-refractivity contribution in [3.05, 3.63) is 90.0 Å². The lowest BCUT2D eigenvalue weighted by Crippen LogP contribution is -2.15. The topological polar surface area (TPSA) is 63.5 Å². The van der Waals surface area contributed by atoms with Gasteiger partial charge in [0.25, 0.3) is 0 Å². The Morgan fingerprint density at radius 1 is 1.07 bits per heavy atom. The minimum atomic E-state index is -3.75. The molecule has 2 aromatic heterocycles. The molecule has 4 aromatic rings. The molecule has 2 heterocycles. The minimum absolute atomic E-state index is 0.127. The first-order chi connectivity index (χ1) is 13.4. The zero-order chi connectivity index (χ0) is 19.7. The van der Waals surface area contributed by atoms with E-state index in [1.54, 1.807) is 24.3 Å². The molecule has 28 heavy (non-hydrogen) atoms. The van der Waals surface area contributed by atoms with Crippen LogP contribution in [0.2, 0.25) is 0 Å². The van der Waals surface area contributed by atoms with Crippen LogP contribution in [0, 0.1) is 12.7 Å². The number of sulfonamides is 1. The molecule has 0 bridgehead atoms. The molecule has 0 fully saturated rings. The van der Waals surface area contributed by atoms with Crippen molar-refractivity contribution < 1.29 is 12.8 Å². The first-order valence-electron chi connectivity index (χ1n) is 8.69. The zero-order valence-electron chi connectivity index (χ0n) is 15.1. The van der Waals surface area contributed by atoms with E-state index in [9.17, 15) is 12.8 Å². The maximum absolute atomic E-state index is 13.8. The van der Waals surface area contributed by atoms with Crippen LogP contribution in [0.25, 0.3) is 16.9 Å². The largest absolute Gasteiger partial charge is 0.306 e. The summed E-state index contributed by atoms with van der Waals surface area (Å²) in [6, 6.07) is 16.8.